The van der Waals surface area contributed by atoms with Crippen molar-refractivity contribution in [1.29, 1.82) is 0 Å². The summed E-state index contributed by atoms with van der Waals surface area (Å²) >= 11 is 6.03. The first-order chi connectivity index (χ1) is 6.65. The molecule has 1 aromatic rings. The molecule has 1 atom stereocenters. The number of benzene rings is 1. The predicted octanol–water partition coefficient (Wildman–Crippen LogP) is 2.66. The van der Waals surface area contributed by atoms with Crippen molar-refractivity contribution in [2.75, 3.05) is 7.11 Å². The van der Waals surface area contributed by atoms with E-state index in [9.17, 15) is 5.11 Å². The zero-order valence-corrected chi connectivity index (χ0v) is 9.21. The Balaban J connectivity index is 2.82. The molecule has 0 spiro atoms. The quantitative estimate of drug-likeness (QED) is 0.835. The molecule has 2 nitrogen and oxygen atoms in total. The first-order valence-electron chi connectivity index (χ1n) is 4.64. The van der Waals surface area contributed by atoms with Crippen LogP contribution >= 0.6 is 11.6 Å². The van der Waals surface area contributed by atoms with E-state index in [2.05, 4.69) is 0 Å². The SMILES string of the molecule is COc1cccc(Cl)c1CC[C@H](C)O. The number of ether oxygens (including phenoxy) is 1. The van der Waals surface area contributed by atoms with Gasteiger partial charge in [0, 0.05) is 10.6 Å². The summed E-state index contributed by atoms with van der Waals surface area (Å²) in [5.74, 6) is 0.790. The van der Waals surface area contributed by atoms with Gasteiger partial charge < -0.3 is 9.84 Å². The zero-order valence-electron chi connectivity index (χ0n) is 8.46. The van der Waals surface area contributed by atoms with E-state index in [1.807, 2.05) is 18.2 Å². The average Bonchev–Trinajstić information content (AvgIpc) is 2.15. The van der Waals surface area contributed by atoms with Gasteiger partial charge >= 0.3 is 0 Å². The molecule has 0 fully saturated rings. The molecular formula is C11H15ClO2. The third-order valence-electron chi connectivity index (χ3n) is 2.11. The summed E-state index contributed by atoms with van der Waals surface area (Å²) in [7, 11) is 1.62. The van der Waals surface area contributed by atoms with Crippen molar-refractivity contribution in [2.24, 2.45) is 0 Å². The highest BCUT2D eigenvalue weighted by Crippen LogP contribution is 2.27. The van der Waals surface area contributed by atoms with Gasteiger partial charge in [0.25, 0.3) is 0 Å². The number of methoxy groups -OCH3 is 1. The van der Waals surface area contributed by atoms with E-state index in [0.29, 0.717) is 11.4 Å². The maximum absolute atomic E-state index is 9.18. The van der Waals surface area contributed by atoms with Crippen molar-refractivity contribution in [3.8, 4) is 5.75 Å². The second-order valence-corrected chi connectivity index (χ2v) is 3.72. The van der Waals surface area contributed by atoms with Crippen LogP contribution in [0.2, 0.25) is 5.02 Å². The molecule has 0 aliphatic carbocycles. The summed E-state index contributed by atoms with van der Waals surface area (Å²) in [5.41, 5.74) is 0.970. The van der Waals surface area contributed by atoms with Crippen molar-refractivity contribution in [3.63, 3.8) is 0 Å². The van der Waals surface area contributed by atoms with Gasteiger partial charge in [0.1, 0.15) is 5.75 Å². The molecule has 0 saturated carbocycles. The van der Waals surface area contributed by atoms with Gasteiger partial charge in [0.2, 0.25) is 0 Å². The molecule has 0 aliphatic heterocycles. The summed E-state index contributed by atoms with van der Waals surface area (Å²) in [5, 5.41) is 9.88. The fourth-order valence-electron chi connectivity index (χ4n) is 1.33. The predicted molar refractivity (Wildman–Crippen MR) is 58.0 cm³/mol. The van der Waals surface area contributed by atoms with Gasteiger partial charge in [-0.05, 0) is 31.9 Å². The van der Waals surface area contributed by atoms with Crippen LogP contribution in [-0.4, -0.2) is 18.3 Å². The van der Waals surface area contributed by atoms with Gasteiger partial charge in [-0.25, -0.2) is 0 Å². The molecule has 1 rings (SSSR count). The average molecular weight is 215 g/mol. The number of aliphatic hydroxyl groups is 1. The first kappa shape index (κ1) is 11.3. The molecule has 0 aliphatic rings. The summed E-state index contributed by atoms with van der Waals surface area (Å²) in [6.07, 6.45) is 1.12. The van der Waals surface area contributed by atoms with E-state index in [4.69, 9.17) is 16.3 Å². The molecule has 3 heteroatoms. The summed E-state index contributed by atoms with van der Waals surface area (Å²) in [6, 6.07) is 5.57. The standard InChI is InChI=1S/C11H15ClO2/c1-8(13)6-7-9-10(12)4-3-5-11(9)14-2/h3-5,8,13H,6-7H2,1-2H3/t8-/m0/s1. The molecule has 1 aromatic carbocycles. The minimum atomic E-state index is -0.309. The van der Waals surface area contributed by atoms with E-state index in [1.165, 1.54) is 0 Å². The molecule has 0 bridgehead atoms. The smallest absolute Gasteiger partial charge is 0.123 e. The Morgan fingerprint density at radius 2 is 2.21 bits per heavy atom. The van der Waals surface area contributed by atoms with Crippen LogP contribution in [0, 0.1) is 0 Å². The number of halogens is 1. The lowest BCUT2D eigenvalue weighted by Gasteiger charge is -2.10. The third kappa shape index (κ3) is 2.89. The van der Waals surface area contributed by atoms with Crippen LogP contribution in [0.1, 0.15) is 18.9 Å². The molecule has 14 heavy (non-hydrogen) atoms. The Hall–Kier alpha value is -0.730. The minimum absolute atomic E-state index is 0.309. The molecular weight excluding hydrogens is 200 g/mol. The molecule has 0 radical (unpaired) electrons. The Kier molecular flexibility index (Phi) is 4.23. The molecule has 0 amide bonds. The normalized spacial score (nSPS) is 12.6. The summed E-state index contributed by atoms with van der Waals surface area (Å²) in [6.45, 7) is 1.77. The van der Waals surface area contributed by atoms with Crippen LogP contribution in [0.3, 0.4) is 0 Å². The second-order valence-electron chi connectivity index (χ2n) is 3.31. The Morgan fingerprint density at radius 1 is 1.50 bits per heavy atom. The van der Waals surface area contributed by atoms with Crippen LogP contribution in [0.5, 0.6) is 5.75 Å². The van der Waals surface area contributed by atoms with Gasteiger partial charge in [-0.3, -0.25) is 0 Å². The van der Waals surface area contributed by atoms with Crippen molar-refractivity contribution < 1.29 is 9.84 Å². The van der Waals surface area contributed by atoms with Gasteiger partial charge in [-0.15, -0.1) is 0 Å². The van der Waals surface area contributed by atoms with Crippen LogP contribution in [0.25, 0.3) is 0 Å². The van der Waals surface area contributed by atoms with Gasteiger partial charge in [0.15, 0.2) is 0 Å². The second kappa shape index (κ2) is 5.23. The zero-order chi connectivity index (χ0) is 10.6. The Bertz CT molecular complexity index is 297. The number of aliphatic hydroxyl groups excluding tert-OH is 1. The van der Waals surface area contributed by atoms with Crippen molar-refractivity contribution in [2.45, 2.75) is 25.9 Å². The number of hydrogen-bond acceptors (Lipinski definition) is 2. The van der Waals surface area contributed by atoms with Crippen molar-refractivity contribution in [3.05, 3.63) is 28.8 Å². The van der Waals surface area contributed by atoms with Crippen molar-refractivity contribution in [1.82, 2.24) is 0 Å². The molecule has 78 valence electrons. The van der Waals surface area contributed by atoms with Crippen molar-refractivity contribution >= 4 is 11.6 Å². The summed E-state index contributed by atoms with van der Waals surface area (Å²) < 4.78 is 5.19. The van der Waals surface area contributed by atoms with Gasteiger partial charge in [-0.2, -0.15) is 0 Å². The molecule has 0 aromatic heterocycles. The topological polar surface area (TPSA) is 29.5 Å². The molecule has 1 N–H and O–H groups in total. The lowest BCUT2D eigenvalue weighted by molar-refractivity contribution is 0.184. The van der Waals surface area contributed by atoms with E-state index < -0.39 is 0 Å². The largest absolute Gasteiger partial charge is 0.496 e. The molecule has 0 unspecified atom stereocenters. The van der Waals surface area contributed by atoms with E-state index in [0.717, 1.165) is 17.7 Å². The fraction of sp³-hybridized carbons (Fsp3) is 0.455. The highest BCUT2D eigenvalue weighted by atomic mass is 35.5. The fourth-order valence-corrected chi connectivity index (χ4v) is 1.59. The first-order valence-corrected chi connectivity index (χ1v) is 5.02. The third-order valence-corrected chi connectivity index (χ3v) is 2.46. The van der Waals surface area contributed by atoms with E-state index >= 15 is 0 Å². The van der Waals surface area contributed by atoms with Crippen LogP contribution in [-0.2, 0) is 6.42 Å². The van der Waals surface area contributed by atoms with Crippen LogP contribution in [0.4, 0.5) is 0 Å². The van der Waals surface area contributed by atoms with Gasteiger partial charge in [-0.1, -0.05) is 17.7 Å². The van der Waals surface area contributed by atoms with Crippen LogP contribution in [0.15, 0.2) is 18.2 Å². The highest BCUT2D eigenvalue weighted by molar-refractivity contribution is 6.31. The maximum atomic E-state index is 9.18. The number of hydrogen-bond donors (Lipinski definition) is 1. The molecule has 0 saturated heterocycles. The van der Waals surface area contributed by atoms with Gasteiger partial charge in [0.05, 0.1) is 13.2 Å². The Labute approximate surface area is 89.5 Å². The maximum Gasteiger partial charge on any atom is 0.123 e. The molecule has 0 heterocycles. The lowest BCUT2D eigenvalue weighted by atomic mass is 10.1. The van der Waals surface area contributed by atoms with E-state index in [1.54, 1.807) is 14.0 Å². The monoisotopic (exact) mass is 214 g/mol. The van der Waals surface area contributed by atoms with E-state index in [-0.39, 0.29) is 6.10 Å². The Morgan fingerprint density at radius 3 is 2.79 bits per heavy atom. The number of rotatable bonds is 4. The van der Waals surface area contributed by atoms with Crippen LogP contribution < -0.4 is 4.74 Å². The highest BCUT2D eigenvalue weighted by Gasteiger charge is 2.08. The minimum Gasteiger partial charge on any atom is -0.496 e. The lowest BCUT2D eigenvalue weighted by Crippen LogP contribution is -2.03. The summed E-state index contributed by atoms with van der Waals surface area (Å²) in [4.78, 5) is 0.